The van der Waals surface area contributed by atoms with E-state index in [4.69, 9.17) is 4.98 Å². The van der Waals surface area contributed by atoms with Crippen molar-refractivity contribution in [2.45, 2.75) is 59.4 Å². The molecule has 0 fully saturated rings. The van der Waals surface area contributed by atoms with Gasteiger partial charge in [-0.25, -0.2) is 15.0 Å². The molecule has 0 aliphatic rings. The van der Waals surface area contributed by atoms with Gasteiger partial charge >= 0.3 is 0 Å². The second-order valence-corrected chi connectivity index (χ2v) is 10.8. The maximum Gasteiger partial charge on any atom is 0.133 e. The average molecular weight is 469 g/mol. The van der Waals surface area contributed by atoms with Gasteiger partial charge in [-0.05, 0) is 62.9 Å². The zero-order chi connectivity index (χ0) is 22.1. The summed E-state index contributed by atoms with van der Waals surface area (Å²) in [6.45, 7) is 12.7. The van der Waals surface area contributed by atoms with Crippen molar-refractivity contribution in [2.24, 2.45) is 5.41 Å². The lowest BCUT2D eigenvalue weighted by Gasteiger charge is -2.25. The molecule has 0 saturated carbocycles. The molecule has 158 valence electrons. The van der Waals surface area contributed by atoms with Gasteiger partial charge in [-0.1, -0.05) is 36.7 Å². The molecule has 0 aliphatic heterocycles. The van der Waals surface area contributed by atoms with Gasteiger partial charge in [-0.2, -0.15) is 0 Å². The minimum Gasteiger partial charge on any atom is -0.365 e. The summed E-state index contributed by atoms with van der Waals surface area (Å²) in [5.41, 5.74) is 3.19. The van der Waals surface area contributed by atoms with E-state index >= 15 is 0 Å². The molecule has 2 heterocycles. The Morgan fingerprint density at radius 2 is 1.80 bits per heavy atom. The monoisotopic (exact) mass is 468 g/mol. The fourth-order valence-electron chi connectivity index (χ4n) is 3.38. The van der Waals surface area contributed by atoms with Gasteiger partial charge in [0.25, 0.3) is 0 Å². The molecule has 0 saturated heterocycles. The smallest absolute Gasteiger partial charge is 0.133 e. The zero-order valence-corrected chi connectivity index (χ0v) is 20.0. The number of fused-ring (bicyclic) bond motifs is 1. The normalized spacial score (nSPS) is 13.3. The first-order valence-corrected chi connectivity index (χ1v) is 10.9. The van der Waals surface area contributed by atoms with E-state index in [2.05, 4.69) is 72.8 Å². The number of benzene rings is 1. The third-order valence-corrected chi connectivity index (χ3v) is 5.04. The van der Waals surface area contributed by atoms with Crippen molar-refractivity contribution in [1.29, 1.82) is 0 Å². The summed E-state index contributed by atoms with van der Waals surface area (Å²) >= 11 is 3.53. The van der Waals surface area contributed by atoms with Crippen LogP contribution in [-0.4, -0.2) is 26.8 Å². The molecule has 1 atom stereocenters. The highest BCUT2D eigenvalue weighted by Gasteiger charge is 2.24. The first-order valence-electron chi connectivity index (χ1n) is 10.1. The van der Waals surface area contributed by atoms with Crippen LogP contribution >= 0.6 is 15.9 Å². The third kappa shape index (κ3) is 5.63. The predicted octanol–water partition coefficient (Wildman–Crippen LogP) is 5.92. The minimum absolute atomic E-state index is 0.0953. The number of aldehydes is 1. The van der Waals surface area contributed by atoms with Gasteiger partial charge in [0.15, 0.2) is 0 Å². The molecule has 1 unspecified atom stereocenters. The Labute approximate surface area is 186 Å². The molecular weight excluding hydrogens is 440 g/mol. The molecule has 0 bridgehead atoms. The zero-order valence-electron chi connectivity index (χ0n) is 18.5. The summed E-state index contributed by atoms with van der Waals surface area (Å²) < 4.78 is 0.969. The Morgan fingerprint density at radius 1 is 1.07 bits per heavy atom. The van der Waals surface area contributed by atoms with Gasteiger partial charge in [0.1, 0.15) is 18.4 Å². The first-order chi connectivity index (χ1) is 13.9. The molecule has 0 amide bonds. The van der Waals surface area contributed by atoms with E-state index in [1.807, 2.05) is 30.3 Å². The molecule has 0 radical (unpaired) electrons. The second kappa shape index (κ2) is 8.42. The lowest BCUT2D eigenvalue weighted by molar-refractivity contribution is -0.108. The molecule has 3 aromatic rings. The van der Waals surface area contributed by atoms with Gasteiger partial charge in [-0.15, -0.1) is 0 Å². The highest BCUT2D eigenvalue weighted by atomic mass is 79.9. The van der Waals surface area contributed by atoms with Crippen LogP contribution in [0.15, 0.2) is 41.1 Å². The lowest BCUT2D eigenvalue weighted by Crippen LogP contribution is -2.28. The van der Waals surface area contributed by atoms with Gasteiger partial charge in [0.2, 0.25) is 0 Å². The van der Waals surface area contributed by atoms with E-state index < -0.39 is 5.92 Å². The van der Waals surface area contributed by atoms with E-state index in [9.17, 15) is 4.79 Å². The van der Waals surface area contributed by atoms with Crippen LogP contribution < -0.4 is 5.32 Å². The van der Waals surface area contributed by atoms with Crippen molar-refractivity contribution >= 4 is 38.9 Å². The second-order valence-electron chi connectivity index (χ2n) is 9.92. The average Bonchev–Trinajstić information content (AvgIpc) is 2.60. The largest absolute Gasteiger partial charge is 0.365 e. The topological polar surface area (TPSA) is 67.8 Å². The summed E-state index contributed by atoms with van der Waals surface area (Å²) in [6, 6.07) is 9.93. The highest BCUT2D eigenvalue weighted by molar-refractivity contribution is 9.10. The summed E-state index contributed by atoms with van der Waals surface area (Å²) in [7, 11) is 0. The van der Waals surface area contributed by atoms with Crippen LogP contribution in [0.2, 0.25) is 0 Å². The standard InChI is InChI=1S/C24H29BrN4O/c1-23(2,3)12-17-11-21(27-14-26-17)19(13-30)18-10-15-9-16(25)7-8-20(15)28-22(18)29-24(4,5)6/h7-11,13-14,19H,12H2,1-6H3,(H,28,29). The summed E-state index contributed by atoms with van der Waals surface area (Å²) in [4.78, 5) is 26.0. The molecule has 3 rings (SSSR count). The summed E-state index contributed by atoms with van der Waals surface area (Å²) in [5.74, 6) is 0.165. The Morgan fingerprint density at radius 3 is 2.43 bits per heavy atom. The van der Waals surface area contributed by atoms with E-state index in [0.29, 0.717) is 11.5 Å². The van der Waals surface area contributed by atoms with Gasteiger partial charge in [0, 0.05) is 26.7 Å². The fourth-order valence-corrected chi connectivity index (χ4v) is 3.76. The Hall–Kier alpha value is -2.34. The van der Waals surface area contributed by atoms with Crippen LogP contribution in [0.25, 0.3) is 10.9 Å². The molecule has 1 N–H and O–H groups in total. The van der Waals surface area contributed by atoms with Gasteiger partial charge < -0.3 is 10.1 Å². The van der Waals surface area contributed by atoms with Gasteiger partial charge in [-0.3, -0.25) is 0 Å². The molecule has 0 spiro atoms. The highest BCUT2D eigenvalue weighted by Crippen LogP contribution is 2.33. The number of aromatic nitrogens is 3. The Kier molecular flexibility index (Phi) is 6.27. The van der Waals surface area contributed by atoms with Crippen LogP contribution in [-0.2, 0) is 11.2 Å². The van der Waals surface area contributed by atoms with Crippen molar-refractivity contribution in [2.75, 3.05) is 5.32 Å². The molecular formula is C24H29BrN4O. The lowest BCUT2D eigenvalue weighted by atomic mass is 9.89. The molecule has 0 aliphatic carbocycles. The van der Waals surface area contributed by atoms with Crippen molar-refractivity contribution < 1.29 is 4.79 Å². The number of halogens is 1. The molecule has 1 aromatic carbocycles. The quantitative estimate of drug-likeness (QED) is 0.470. The summed E-state index contributed by atoms with van der Waals surface area (Å²) in [6.07, 6.45) is 3.30. The predicted molar refractivity (Wildman–Crippen MR) is 126 cm³/mol. The number of hydrogen-bond donors (Lipinski definition) is 1. The van der Waals surface area contributed by atoms with E-state index in [-0.39, 0.29) is 11.0 Å². The molecule has 5 nitrogen and oxygen atoms in total. The summed E-state index contributed by atoms with van der Waals surface area (Å²) in [5, 5.41) is 4.44. The van der Waals surface area contributed by atoms with Crippen LogP contribution in [0.1, 0.15) is 64.4 Å². The Bertz CT molecular complexity index is 1070. The van der Waals surface area contributed by atoms with E-state index in [1.165, 1.54) is 0 Å². The van der Waals surface area contributed by atoms with Crippen LogP contribution in [0.4, 0.5) is 5.82 Å². The molecule has 30 heavy (non-hydrogen) atoms. The number of nitrogens with one attached hydrogen (secondary N) is 1. The number of carbonyl (C=O) groups is 1. The SMILES string of the molecule is CC(C)(C)Cc1cc(C(C=O)c2cc3cc(Br)ccc3nc2NC(C)(C)C)ncn1. The maximum absolute atomic E-state index is 12.3. The number of rotatable bonds is 5. The number of carbonyl (C=O) groups excluding carboxylic acids is 1. The van der Waals surface area contributed by atoms with Gasteiger partial charge in [0.05, 0.1) is 17.1 Å². The number of nitrogens with zero attached hydrogens (tertiary/aromatic N) is 3. The third-order valence-electron chi connectivity index (χ3n) is 4.55. The van der Waals surface area contributed by atoms with Crippen LogP contribution in [0.5, 0.6) is 0 Å². The first kappa shape index (κ1) is 22.3. The Balaban J connectivity index is 2.15. The fraction of sp³-hybridized carbons (Fsp3) is 0.417. The van der Waals surface area contributed by atoms with Crippen molar-refractivity contribution in [3.05, 3.63) is 58.1 Å². The van der Waals surface area contributed by atoms with Crippen molar-refractivity contribution in [1.82, 2.24) is 15.0 Å². The number of hydrogen-bond acceptors (Lipinski definition) is 5. The number of pyridine rings is 1. The van der Waals surface area contributed by atoms with E-state index in [1.54, 1.807) is 6.33 Å². The van der Waals surface area contributed by atoms with Crippen molar-refractivity contribution in [3.63, 3.8) is 0 Å². The van der Waals surface area contributed by atoms with E-state index in [0.717, 1.165) is 39.3 Å². The van der Waals surface area contributed by atoms with Crippen LogP contribution in [0, 0.1) is 5.41 Å². The molecule has 2 aromatic heterocycles. The minimum atomic E-state index is -0.535. The van der Waals surface area contributed by atoms with Crippen molar-refractivity contribution in [3.8, 4) is 0 Å². The molecule has 6 heteroatoms. The van der Waals surface area contributed by atoms with Crippen LogP contribution in [0.3, 0.4) is 0 Å². The maximum atomic E-state index is 12.3. The number of anilines is 1.